The summed E-state index contributed by atoms with van der Waals surface area (Å²) >= 11 is 0. The summed E-state index contributed by atoms with van der Waals surface area (Å²) in [6.07, 6.45) is 1.51. The number of piperidine rings is 1. The number of carbonyl (C=O) groups is 1. The lowest BCUT2D eigenvalue weighted by Crippen LogP contribution is -2.47. The molecule has 5 rings (SSSR count). The van der Waals surface area contributed by atoms with Crippen LogP contribution >= 0.6 is 0 Å². The second-order valence-electron chi connectivity index (χ2n) is 7.99. The van der Waals surface area contributed by atoms with Crippen LogP contribution in [0.3, 0.4) is 0 Å². The molecule has 3 fully saturated rings. The van der Waals surface area contributed by atoms with Crippen molar-refractivity contribution in [3.63, 3.8) is 0 Å². The second-order valence-corrected chi connectivity index (χ2v) is 7.99. The first-order valence-electron chi connectivity index (χ1n) is 9.28. The van der Waals surface area contributed by atoms with E-state index < -0.39 is 5.97 Å². The Morgan fingerprint density at radius 2 is 2.04 bits per heavy atom. The Kier molecular flexibility index (Phi) is 3.26. The number of hydrogen-bond donors (Lipinski definition) is 1. The Balaban J connectivity index is 1.42. The zero-order valence-corrected chi connectivity index (χ0v) is 14.7. The minimum Gasteiger partial charge on any atom is -0.481 e. The van der Waals surface area contributed by atoms with Crippen molar-refractivity contribution in [2.75, 3.05) is 29.4 Å². The van der Waals surface area contributed by atoms with E-state index in [4.69, 9.17) is 19.8 Å². The van der Waals surface area contributed by atoms with Crippen molar-refractivity contribution < 1.29 is 14.6 Å². The SMILES string of the molecule is C[C@@H]1OCc2c1nc(N1CC[C@@H]1C)nc2N1CC2C(CC(=O)O)C2C1. The van der Waals surface area contributed by atoms with E-state index in [2.05, 4.69) is 23.6 Å². The van der Waals surface area contributed by atoms with Gasteiger partial charge < -0.3 is 19.6 Å². The van der Waals surface area contributed by atoms with E-state index in [-0.39, 0.29) is 6.10 Å². The standard InChI is InChI=1S/C18H24N4O3/c1-9-3-4-22(9)18-19-16-10(2)25-8-14(16)17(20-18)21-6-12-11(5-15(23)24)13(12)7-21/h9-13H,3-8H2,1-2H3,(H,23,24)/t9-,10-,11?,12?,13?/m0/s1. The van der Waals surface area contributed by atoms with Crippen LogP contribution in [0.4, 0.5) is 11.8 Å². The lowest BCUT2D eigenvalue weighted by Gasteiger charge is -2.39. The van der Waals surface area contributed by atoms with Gasteiger partial charge in [0, 0.05) is 37.7 Å². The summed E-state index contributed by atoms with van der Waals surface area (Å²) in [5.41, 5.74) is 2.15. The van der Waals surface area contributed by atoms with Crippen LogP contribution in [0.2, 0.25) is 0 Å². The molecule has 7 nitrogen and oxygen atoms in total. The smallest absolute Gasteiger partial charge is 0.303 e. The molecule has 7 heteroatoms. The second kappa shape index (κ2) is 5.30. The molecule has 134 valence electrons. The molecule has 25 heavy (non-hydrogen) atoms. The zero-order chi connectivity index (χ0) is 17.3. The summed E-state index contributed by atoms with van der Waals surface area (Å²) in [7, 11) is 0. The lowest BCUT2D eigenvalue weighted by molar-refractivity contribution is -0.137. The van der Waals surface area contributed by atoms with Gasteiger partial charge in [-0.2, -0.15) is 4.98 Å². The van der Waals surface area contributed by atoms with Gasteiger partial charge in [-0.1, -0.05) is 0 Å². The highest BCUT2D eigenvalue weighted by Gasteiger charge is 2.56. The number of rotatable bonds is 4. The number of aromatic nitrogens is 2. The van der Waals surface area contributed by atoms with Gasteiger partial charge in [0.15, 0.2) is 0 Å². The molecule has 3 aliphatic heterocycles. The van der Waals surface area contributed by atoms with E-state index in [0.29, 0.717) is 36.8 Å². The average Bonchev–Trinajstić information content (AvgIpc) is 2.91. The maximum absolute atomic E-state index is 11.0. The Morgan fingerprint density at radius 1 is 1.28 bits per heavy atom. The van der Waals surface area contributed by atoms with Gasteiger partial charge in [-0.15, -0.1) is 0 Å². The fourth-order valence-corrected chi connectivity index (χ4v) is 4.77. The van der Waals surface area contributed by atoms with E-state index in [1.807, 2.05) is 0 Å². The predicted molar refractivity (Wildman–Crippen MR) is 91.6 cm³/mol. The average molecular weight is 344 g/mol. The van der Waals surface area contributed by atoms with Crippen molar-refractivity contribution in [3.05, 3.63) is 11.3 Å². The molecule has 4 atom stereocenters. The highest BCUT2D eigenvalue weighted by Crippen LogP contribution is 2.55. The van der Waals surface area contributed by atoms with Crippen LogP contribution < -0.4 is 9.80 Å². The van der Waals surface area contributed by atoms with Crippen LogP contribution in [0.25, 0.3) is 0 Å². The molecular weight excluding hydrogens is 320 g/mol. The van der Waals surface area contributed by atoms with Gasteiger partial charge in [-0.25, -0.2) is 4.98 Å². The number of ether oxygens (including phenoxy) is 1. The first-order chi connectivity index (χ1) is 12.0. The summed E-state index contributed by atoms with van der Waals surface area (Å²) in [6, 6.07) is 0.496. The molecule has 0 amide bonds. The maximum atomic E-state index is 11.0. The molecule has 2 saturated heterocycles. The normalized spacial score (nSPS) is 35.4. The van der Waals surface area contributed by atoms with Gasteiger partial charge in [0.25, 0.3) is 0 Å². The minimum absolute atomic E-state index is 0.0176. The third-order valence-electron chi connectivity index (χ3n) is 6.53. The van der Waals surface area contributed by atoms with Gasteiger partial charge in [0.05, 0.1) is 18.4 Å². The molecule has 4 heterocycles. The predicted octanol–water partition coefficient (Wildman–Crippen LogP) is 1.82. The van der Waals surface area contributed by atoms with Crippen molar-refractivity contribution in [2.45, 2.75) is 45.4 Å². The van der Waals surface area contributed by atoms with Gasteiger partial charge in [0.1, 0.15) is 5.82 Å². The van der Waals surface area contributed by atoms with Crippen molar-refractivity contribution in [1.82, 2.24) is 9.97 Å². The Morgan fingerprint density at radius 3 is 2.64 bits per heavy atom. The van der Waals surface area contributed by atoms with Crippen LogP contribution in [0, 0.1) is 17.8 Å². The highest BCUT2D eigenvalue weighted by atomic mass is 16.5. The summed E-state index contributed by atoms with van der Waals surface area (Å²) in [5.74, 6) is 2.54. The molecule has 0 aromatic carbocycles. The number of carboxylic acid groups (broad SMARTS) is 1. The van der Waals surface area contributed by atoms with E-state index in [0.717, 1.165) is 42.7 Å². The maximum Gasteiger partial charge on any atom is 0.303 e. The third-order valence-corrected chi connectivity index (χ3v) is 6.53. The molecule has 0 radical (unpaired) electrons. The first kappa shape index (κ1) is 15.4. The lowest BCUT2D eigenvalue weighted by atomic mass is 10.1. The Bertz CT molecular complexity index is 727. The molecule has 4 aliphatic rings. The molecule has 1 aromatic heterocycles. The minimum atomic E-state index is -0.676. The summed E-state index contributed by atoms with van der Waals surface area (Å²) in [4.78, 5) is 25.3. The molecule has 0 bridgehead atoms. The van der Waals surface area contributed by atoms with Crippen molar-refractivity contribution >= 4 is 17.7 Å². The number of carboxylic acids is 1. The molecule has 1 N–H and O–H groups in total. The number of fused-ring (bicyclic) bond motifs is 2. The highest BCUT2D eigenvalue weighted by molar-refractivity contribution is 5.68. The molecule has 2 unspecified atom stereocenters. The van der Waals surface area contributed by atoms with E-state index in [1.54, 1.807) is 0 Å². The van der Waals surface area contributed by atoms with Crippen molar-refractivity contribution in [2.24, 2.45) is 17.8 Å². The van der Waals surface area contributed by atoms with E-state index >= 15 is 0 Å². The van der Waals surface area contributed by atoms with Crippen molar-refractivity contribution in [3.8, 4) is 0 Å². The molecule has 0 spiro atoms. The number of nitrogens with zero attached hydrogens (tertiary/aromatic N) is 4. The first-order valence-corrected chi connectivity index (χ1v) is 9.28. The fourth-order valence-electron chi connectivity index (χ4n) is 4.77. The summed E-state index contributed by atoms with van der Waals surface area (Å²) < 4.78 is 5.82. The van der Waals surface area contributed by atoms with Crippen LogP contribution in [0.1, 0.15) is 44.1 Å². The summed E-state index contributed by atoms with van der Waals surface area (Å²) in [6.45, 7) is 7.68. The third kappa shape index (κ3) is 2.32. The fraction of sp³-hybridized carbons (Fsp3) is 0.722. The zero-order valence-electron chi connectivity index (χ0n) is 14.7. The van der Waals surface area contributed by atoms with Gasteiger partial charge >= 0.3 is 5.97 Å². The van der Waals surface area contributed by atoms with Crippen LogP contribution in [0.5, 0.6) is 0 Å². The number of anilines is 2. The monoisotopic (exact) mass is 344 g/mol. The number of aliphatic carboxylic acids is 1. The van der Waals surface area contributed by atoms with Crippen LogP contribution in [0.15, 0.2) is 0 Å². The Hall–Kier alpha value is -1.89. The summed E-state index contributed by atoms with van der Waals surface area (Å²) in [5, 5.41) is 9.02. The van der Waals surface area contributed by atoms with Crippen LogP contribution in [-0.4, -0.2) is 46.7 Å². The van der Waals surface area contributed by atoms with Gasteiger partial charge in [0.2, 0.25) is 5.95 Å². The Labute approximate surface area is 147 Å². The number of hydrogen-bond acceptors (Lipinski definition) is 6. The molecule has 1 aromatic rings. The molecular formula is C18H24N4O3. The van der Waals surface area contributed by atoms with Crippen molar-refractivity contribution in [1.29, 1.82) is 0 Å². The molecule has 1 saturated carbocycles. The molecule has 1 aliphatic carbocycles. The topological polar surface area (TPSA) is 78.8 Å². The van der Waals surface area contributed by atoms with Gasteiger partial charge in [-0.3, -0.25) is 4.79 Å². The van der Waals surface area contributed by atoms with Gasteiger partial charge in [-0.05, 0) is 38.0 Å². The van der Waals surface area contributed by atoms with E-state index in [1.165, 1.54) is 6.42 Å². The largest absolute Gasteiger partial charge is 0.481 e. The van der Waals surface area contributed by atoms with E-state index in [9.17, 15) is 4.79 Å². The quantitative estimate of drug-likeness (QED) is 0.892. The van der Waals surface area contributed by atoms with Crippen LogP contribution in [-0.2, 0) is 16.1 Å².